The van der Waals surface area contributed by atoms with Gasteiger partial charge in [0.05, 0.1) is 13.0 Å². The molecule has 2 aromatic carbocycles. The minimum Gasteiger partial charge on any atom is -0.347 e. The highest BCUT2D eigenvalue weighted by atomic mass is 35.5. The highest BCUT2D eigenvalue weighted by Crippen LogP contribution is 2.19. The molecule has 1 fully saturated rings. The number of nitrogens with one attached hydrogen (secondary N) is 2. The first-order valence-corrected chi connectivity index (χ1v) is 9.33. The van der Waals surface area contributed by atoms with Gasteiger partial charge in [-0.3, -0.25) is 9.59 Å². The Balaban J connectivity index is 0.00000261. The Morgan fingerprint density at radius 3 is 2.74 bits per heavy atom. The van der Waals surface area contributed by atoms with Gasteiger partial charge in [-0.25, -0.2) is 0 Å². The highest BCUT2D eigenvalue weighted by Gasteiger charge is 2.23. The van der Waals surface area contributed by atoms with Gasteiger partial charge >= 0.3 is 0 Å². The van der Waals surface area contributed by atoms with Crippen molar-refractivity contribution in [1.82, 2.24) is 15.5 Å². The van der Waals surface area contributed by atoms with E-state index in [9.17, 15) is 9.59 Å². The topological polar surface area (TPSA) is 61.4 Å². The number of carbonyl (C=O) groups is 2. The van der Waals surface area contributed by atoms with Gasteiger partial charge in [-0.1, -0.05) is 42.5 Å². The summed E-state index contributed by atoms with van der Waals surface area (Å²) in [5, 5.41) is 8.18. The average Bonchev–Trinajstić information content (AvgIpc) is 2.67. The fraction of sp³-hybridized carbons (Fsp3) is 0.429. The molecule has 1 aliphatic rings. The van der Waals surface area contributed by atoms with Crippen LogP contribution in [0.1, 0.15) is 18.4 Å². The number of fused-ring (bicyclic) bond motifs is 1. The van der Waals surface area contributed by atoms with Crippen molar-refractivity contribution in [2.45, 2.75) is 19.3 Å². The van der Waals surface area contributed by atoms with Crippen LogP contribution in [-0.4, -0.2) is 49.9 Å². The number of hydrogen-bond donors (Lipinski definition) is 2. The normalized spacial score (nSPS) is 16.6. The summed E-state index contributed by atoms with van der Waals surface area (Å²) in [6.07, 6.45) is 2.47. The van der Waals surface area contributed by atoms with E-state index in [4.69, 9.17) is 0 Å². The van der Waals surface area contributed by atoms with Crippen molar-refractivity contribution in [2.24, 2.45) is 5.92 Å². The standard InChI is InChI=1S/C21H27N3O2.ClH/c1-22-13-16-6-5-11-24(15-16)21(26)14-23-20(25)12-18-9-4-8-17-7-2-3-10-19(17)18;/h2-4,7-10,16,22H,5-6,11-15H2,1H3,(H,23,25);1H. The molecule has 2 amide bonds. The van der Waals surface area contributed by atoms with Crippen LogP contribution in [-0.2, 0) is 16.0 Å². The van der Waals surface area contributed by atoms with Crippen molar-refractivity contribution >= 4 is 35.0 Å². The van der Waals surface area contributed by atoms with E-state index in [2.05, 4.69) is 10.6 Å². The number of hydrogen-bond acceptors (Lipinski definition) is 3. The third-order valence-corrected chi connectivity index (χ3v) is 5.03. The Hall–Kier alpha value is -2.11. The molecule has 146 valence electrons. The SMILES string of the molecule is CNCC1CCCN(C(=O)CNC(=O)Cc2cccc3ccccc23)C1.Cl. The van der Waals surface area contributed by atoms with Gasteiger partial charge in [0, 0.05) is 13.1 Å². The molecule has 2 aromatic rings. The van der Waals surface area contributed by atoms with Crippen molar-refractivity contribution < 1.29 is 9.59 Å². The summed E-state index contributed by atoms with van der Waals surface area (Å²) in [7, 11) is 1.94. The number of benzene rings is 2. The molecule has 2 N–H and O–H groups in total. The van der Waals surface area contributed by atoms with E-state index >= 15 is 0 Å². The summed E-state index contributed by atoms with van der Waals surface area (Å²) < 4.78 is 0. The Bertz CT molecular complexity index is 774. The second-order valence-electron chi connectivity index (χ2n) is 7.00. The van der Waals surface area contributed by atoms with Gasteiger partial charge in [0.1, 0.15) is 0 Å². The zero-order valence-corrected chi connectivity index (χ0v) is 16.6. The largest absolute Gasteiger partial charge is 0.347 e. The molecule has 1 aliphatic heterocycles. The average molecular weight is 390 g/mol. The molecule has 1 heterocycles. The summed E-state index contributed by atoms with van der Waals surface area (Å²) in [5.74, 6) is 0.402. The molecule has 1 atom stereocenters. The minimum atomic E-state index is -0.113. The highest BCUT2D eigenvalue weighted by molar-refractivity contribution is 5.91. The molecule has 0 spiro atoms. The van der Waals surface area contributed by atoms with Gasteiger partial charge in [-0.2, -0.15) is 0 Å². The molecule has 0 radical (unpaired) electrons. The number of carbonyl (C=O) groups excluding carboxylic acids is 2. The smallest absolute Gasteiger partial charge is 0.241 e. The maximum Gasteiger partial charge on any atom is 0.241 e. The Morgan fingerprint density at radius 2 is 1.93 bits per heavy atom. The van der Waals surface area contributed by atoms with E-state index in [-0.39, 0.29) is 37.2 Å². The molecule has 6 heteroatoms. The van der Waals surface area contributed by atoms with Crippen LogP contribution in [0.4, 0.5) is 0 Å². The lowest BCUT2D eigenvalue weighted by Crippen LogP contribution is -2.46. The molecule has 5 nitrogen and oxygen atoms in total. The molecular formula is C21H28ClN3O2. The van der Waals surface area contributed by atoms with Gasteiger partial charge in [0.2, 0.25) is 11.8 Å². The monoisotopic (exact) mass is 389 g/mol. The summed E-state index contributed by atoms with van der Waals surface area (Å²) in [4.78, 5) is 26.6. The van der Waals surface area contributed by atoms with Crippen LogP contribution >= 0.6 is 12.4 Å². The van der Waals surface area contributed by atoms with Crippen LogP contribution in [0.3, 0.4) is 0 Å². The van der Waals surface area contributed by atoms with Crippen molar-refractivity contribution in [2.75, 3.05) is 33.2 Å². The quantitative estimate of drug-likeness (QED) is 0.797. The Morgan fingerprint density at radius 1 is 1.15 bits per heavy atom. The maximum absolute atomic E-state index is 12.4. The number of piperidine rings is 1. The summed E-state index contributed by atoms with van der Waals surface area (Å²) in [5.41, 5.74) is 0.986. The number of rotatable bonds is 6. The first-order valence-electron chi connectivity index (χ1n) is 9.33. The minimum absolute atomic E-state index is 0. The zero-order valence-electron chi connectivity index (χ0n) is 15.7. The van der Waals surface area contributed by atoms with Crippen LogP contribution in [0.25, 0.3) is 10.8 Å². The van der Waals surface area contributed by atoms with E-state index in [1.165, 1.54) is 0 Å². The van der Waals surface area contributed by atoms with Gasteiger partial charge in [-0.05, 0) is 48.7 Å². The van der Waals surface area contributed by atoms with Gasteiger partial charge in [0.25, 0.3) is 0 Å². The molecule has 0 bridgehead atoms. The molecule has 27 heavy (non-hydrogen) atoms. The zero-order chi connectivity index (χ0) is 18.4. The number of likely N-dealkylation sites (tertiary alicyclic amines) is 1. The summed E-state index contributed by atoms with van der Waals surface area (Å²) >= 11 is 0. The van der Waals surface area contributed by atoms with Crippen molar-refractivity contribution in [3.05, 3.63) is 48.0 Å². The van der Waals surface area contributed by atoms with Crippen LogP contribution in [0, 0.1) is 5.92 Å². The Labute approximate surface area is 166 Å². The van der Waals surface area contributed by atoms with Gasteiger partial charge in [0.15, 0.2) is 0 Å². The number of amides is 2. The number of halogens is 1. The molecule has 0 saturated carbocycles. The summed E-state index contributed by atoms with van der Waals surface area (Å²) in [6.45, 7) is 2.57. The lowest BCUT2D eigenvalue weighted by Gasteiger charge is -2.32. The predicted octanol–water partition coefficient (Wildman–Crippen LogP) is 2.38. The molecule has 0 aromatic heterocycles. The van der Waals surface area contributed by atoms with E-state index in [0.717, 1.165) is 48.8 Å². The maximum atomic E-state index is 12.4. The first-order chi connectivity index (χ1) is 12.7. The van der Waals surface area contributed by atoms with E-state index in [0.29, 0.717) is 5.92 Å². The van der Waals surface area contributed by atoms with Crippen molar-refractivity contribution in [3.8, 4) is 0 Å². The van der Waals surface area contributed by atoms with Gasteiger partial charge in [-0.15, -0.1) is 12.4 Å². The second kappa shape index (κ2) is 10.3. The van der Waals surface area contributed by atoms with Crippen molar-refractivity contribution in [1.29, 1.82) is 0 Å². The Kier molecular flexibility index (Phi) is 8.07. The fourth-order valence-corrected chi connectivity index (χ4v) is 3.71. The van der Waals surface area contributed by atoms with Crippen molar-refractivity contribution in [3.63, 3.8) is 0 Å². The first kappa shape index (κ1) is 21.2. The van der Waals surface area contributed by atoms with Crippen LogP contribution in [0.5, 0.6) is 0 Å². The molecule has 1 saturated heterocycles. The second-order valence-corrected chi connectivity index (χ2v) is 7.00. The lowest BCUT2D eigenvalue weighted by atomic mass is 9.98. The molecule has 1 unspecified atom stereocenters. The molecule has 3 rings (SSSR count). The lowest BCUT2D eigenvalue weighted by molar-refractivity contribution is -0.134. The van der Waals surface area contributed by atoms with Crippen LogP contribution < -0.4 is 10.6 Å². The molecular weight excluding hydrogens is 362 g/mol. The third-order valence-electron chi connectivity index (χ3n) is 5.03. The fourth-order valence-electron chi connectivity index (χ4n) is 3.71. The van der Waals surface area contributed by atoms with Gasteiger partial charge < -0.3 is 15.5 Å². The predicted molar refractivity (Wildman–Crippen MR) is 111 cm³/mol. The molecule has 0 aliphatic carbocycles. The van der Waals surface area contributed by atoms with E-state index in [1.54, 1.807) is 0 Å². The van der Waals surface area contributed by atoms with Crippen LogP contribution in [0.15, 0.2) is 42.5 Å². The van der Waals surface area contributed by atoms with Crippen LogP contribution in [0.2, 0.25) is 0 Å². The summed E-state index contributed by atoms with van der Waals surface area (Å²) in [6, 6.07) is 14.0. The van der Waals surface area contributed by atoms with E-state index in [1.807, 2.05) is 54.4 Å². The number of nitrogens with zero attached hydrogens (tertiary/aromatic N) is 1. The third kappa shape index (κ3) is 5.68. The van der Waals surface area contributed by atoms with E-state index < -0.39 is 0 Å².